The summed E-state index contributed by atoms with van der Waals surface area (Å²) in [7, 11) is 0. The van der Waals surface area contributed by atoms with Crippen LogP contribution >= 0.6 is 0 Å². The first kappa shape index (κ1) is 18.6. The van der Waals surface area contributed by atoms with Crippen molar-refractivity contribution in [3.05, 3.63) is 64.5 Å². The van der Waals surface area contributed by atoms with Crippen molar-refractivity contribution in [3.63, 3.8) is 0 Å². The van der Waals surface area contributed by atoms with Gasteiger partial charge in [0.15, 0.2) is 0 Å². The molecule has 1 saturated heterocycles. The Morgan fingerprint density at radius 3 is 2.67 bits per heavy atom. The monoisotopic (exact) mass is 364 g/mol. The largest absolute Gasteiger partial charge is 0.372 e. The van der Waals surface area contributed by atoms with Gasteiger partial charge >= 0.3 is 0 Å². The Labute approximate surface area is 158 Å². The van der Waals surface area contributed by atoms with Crippen LogP contribution in [0.3, 0.4) is 0 Å². The molecule has 1 N–H and O–H groups in total. The molecule has 0 bridgehead atoms. The minimum Gasteiger partial charge on any atom is -0.372 e. The second-order valence-electron chi connectivity index (χ2n) is 6.59. The van der Waals surface area contributed by atoms with Crippen molar-refractivity contribution in [2.75, 3.05) is 18.0 Å². The lowest BCUT2D eigenvalue weighted by atomic mass is 10.1. The molecule has 0 saturated carbocycles. The number of nitriles is 1. The summed E-state index contributed by atoms with van der Waals surface area (Å²) in [5.41, 5.74) is 5.49. The Kier molecular flexibility index (Phi) is 5.82. The van der Waals surface area contributed by atoms with Crippen molar-refractivity contribution < 1.29 is 9.18 Å². The summed E-state index contributed by atoms with van der Waals surface area (Å²) < 4.78 is 13.9. The molecular formula is C21H21FN4O. The van der Waals surface area contributed by atoms with Gasteiger partial charge in [-0.15, -0.1) is 0 Å². The molecule has 1 fully saturated rings. The van der Waals surface area contributed by atoms with Gasteiger partial charge in [0.05, 0.1) is 23.4 Å². The molecule has 27 heavy (non-hydrogen) atoms. The van der Waals surface area contributed by atoms with Crippen LogP contribution < -0.4 is 10.3 Å². The molecule has 1 aliphatic heterocycles. The molecule has 138 valence electrons. The number of hydrogen-bond donors (Lipinski definition) is 1. The average Bonchev–Trinajstić information content (AvgIpc) is 2.69. The van der Waals surface area contributed by atoms with Gasteiger partial charge in [0, 0.05) is 18.8 Å². The van der Waals surface area contributed by atoms with E-state index in [4.69, 9.17) is 5.26 Å². The Morgan fingerprint density at radius 1 is 1.22 bits per heavy atom. The number of aryl methyl sites for hydroxylation is 1. The summed E-state index contributed by atoms with van der Waals surface area (Å²) >= 11 is 0. The van der Waals surface area contributed by atoms with Crippen LogP contribution in [-0.4, -0.2) is 25.2 Å². The summed E-state index contributed by atoms with van der Waals surface area (Å²) in [4.78, 5) is 14.4. The van der Waals surface area contributed by atoms with Gasteiger partial charge in [-0.2, -0.15) is 10.4 Å². The van der Waals surface area contributed by atoms with Gasteiger partial charge in [0.25, 0.3) is 5.91 Å². The summed E-state index contributed by atoms with van der Waals surface area (Å²) in [5, 5.41) is 12.7. The molecule has 0 radical (unpaired) electrons. The molecule has 0 spiro atoms. The smallest absolute Gasteiger partial charge is 0.274 e. The fraction of sp³-hybridized carbons (Fsp3) is 0.286. The number of hydrogen-bond acceptors (Lipinski definition) is 4. The van der Waals surface area contributed by atoms with Gasteiger partial charge in [0.1, 0.15) is 5.82 Å². The highest BCUT2D eigenvalue weighted by atomic mass is 19.1. The molecule has 1 heterocycles. The van der Waals surface area contributed by atoms with Crippen LogP contribution in [0, 0.1) is 24.1 Å². The van der Waals surface area contributed by atoms with Crippen molar-refractivity contribution in [1.82, 2.24) is 5.43 Å². The summed E-state index contributed by atoms with van der Waals surface area (Å²) in [6.07, 6.45) is 5.29. The molecule has 1 amide bonds. The highest BCUT2D eigenvalue weighted by Crippen LogP contribution is 2.22. The quantitative estimate of drug-likeness (QED) is 0.663. The molecule has 2 aromatic carbocycles. The third kappa shape index (κ3) is 4.50. The van der Waals surface area contributed by atoms with Crippen molar-refractivity contribution in [2.24, 2.45) is 5.10 Å². The van der Waals surface area contributed by atoms with E-state index in [0.29, 0.717) is 0 Å². The number of halogens is 1. The third-order valence-electron chi connectivity index (χ3n) is 4.69. The number of anilines is 1. The molecule has 0 aliphatic carbocycles. The number of hydrazone groups is 1. The van der Waals surface area contributed by atoms with Gasteiger partial charge in [-0.1, -0.05) is 6.07 Å². The van der Waals surface area contributed by atoms with E-state index in [0.717, 1.165) is 30.3 Å². The van der Waals surface area contributed by atoms with Crippen molar-refractivity contribution in [3.8, 4) is 6.07 Å². The van der Waals surface area contributed by atoms with Crippen molar-refractivity contribution in [2.45, 2.75) is 26.2 Å². The molecule has 0 atom stereocenters. The number of nitrogens with one attached hydrogen (secondary N) is 1. The molecular weight excluding hydrogens is 343 g/mol. The maximum Gasteiger partial charge on any atom is 0.274 e. The molecule has 5 nitrogen and oxygen atoms in total. The van der Waals surface area contributed by atoms with Crippen LogP contribution in [0.2, 0.25) is 0 Å². The van der Waals surface area contributed by atoms with E-state index < -0.39 is 11.7 Å². The van der Waals surface area contributed by atoms with Gasteiger partial charge in [-0.25, -0.2) is 9.82 Å². The lowest BCUT2D eigenvalue weighted by Gasteiger charge is -2.29. The Hall–Kier alpha value is -3.20. The standard InChI is InChI=1S/C21H21FN4O/c1-15-11-18(26-9-3-2-4-10-26)7-6-17(15)14-24-25-21(27)19-8-5-16(13-23)12-20(19)22/h5-8,11-12,14H,2-4,9-10H2,1H3,(H,25,27)/b24-14-. The molecule has 0 unspecified atom stereocenters. The normalized spacial score (nSPS) is 14.2. The first-order valence-electron chi connectivity index (χ1n) is 8.97. The summed E-state index contributed by atoms with van der Waals surface area (Å²) in [5.74, 6) is -1.40. The minimum atomic E-state index is -0.746. The SMILES string of the molecule is Cc1cc(N2CCCCC2)ccc1/C=N\NC(=O)c1ccc(C#N)cc1F. The van der Waals surface area contributed by atoms with Crippen LogP contribution in [0.5, 0.6) is 0 Å². The lowest BCUT2D eigenvalue weighted by Crippen LogP contribution is -2.29. The Morgan fingerprint density at radius 2 is 2.00 bits per heavy atom. The number of benzene rings is 2. The molecule has 2 aromatic rings. The molecule has 3 rings (SSSR count). The number of carbonyl (C=O) groups is 1. The predicted molar refractivity (Wildman–Crippen MR) is 103 cm³/mol. The maximum atomic E-state index is 13.9. The van der Waals surface area contributed by atoms with Crippen LogP contribution in [0.15, 0.2) is 41.5 Å². The maximum absolute atomic E-state index is 13.9. The van der Waals surface area contributed by atoms with Gasteiger partial charge in [0.2, 0.25) is 0 Å². The van der Waals surface area contributed by atoms with E-state index >= 15 is 0 Å². The summed E-state index contributed by atoms with van der Waals surface area (Å²) in [6, 6.07) is 11.7. The van der Waals surface area contributed by atoms with Crippen molar-refractivity contribution in [1.29, 1.82) is 5.26 Å². The number of amides is 1. The van der Waals surface area contributed by atoms with Crippen LogP contribution in [0.25, 0.3) is 0 Å². The van der Waals surface area contributed by atoms with E-state index in [2.05, 4.69) is 27.6 Å². The van der Waals surface area contributed by atoms with E-state index in [1.165, 1.54) is 37.1 Å². The lowest BCUT2D eigenvalue weighted by molar-refractivity contribution is 0.0951. The Balaban J connectivity index is 1.65. The number of carbonyl (C=O) groups excluding carboxylic acids is 1. The zero-order valence-electron chi connectivity index (χ0n) is 15.2. The average molecular weight is 364 g/mol. The van der Waals surface area contributed by atoms with Gasteiger partial charge in [-0.05, 0) is 67.6 Å². The second-order valence-corrected chi connectivity index (χ2v) is 6.59. The number of nitrogens with zero attached hydrogens (tertiary/aromatic N) is 3. The second kappa shape index (κ2) is 8.45. The van der Waals surface area contributed by atoms with Gasteiger partial charge < -0.3 is 4.90 Å². The fourth-order valence-electron chi connectivity index (χ4n) is 3.14. The zero-order chi connectivity index (χ0) is 19.2. The fourth-order valence-corrected chi connectivity index (χ4v) is 3.14. The zero-order valence-corrected chi connectivity index (χ0v) is 15.2. The topological polar surface area (TPSA) is 68.5 Å². The van der Waals surface area contributed by atoms with Gasteiger partial charge in [-0.3, -0.25) is 4.79 Å². The Bertz CT molecular complexity index is 911. The highest BCUT2D eigenvalue weighted by molar-refractivity contribution is 5.95. The predicted octanol–water partition coefficient (Wildman–Crippen LogP) is 3.76. The van der Waals surface area contributed by atoms with Crippen LogP contribution in [0.1, 0.15) is 46.3 Å². The van der Waals surface area contributed by atoms with Crippen LogP contribution in [0.4, 0.5) is 10.1 Å². The molecule has 6 heteroatoms. The van der Waals surface area contributed by atoms with Crippen LogP contribution in [-0.2, 0) is 0 Å². The molecule has 0 aromatic heterocycles. The van der Waals surface area contributed by atoms with Crippen molar-refractivity contribution >= 4 is 17.8 Å². The highest BCUT2D eigenvalue weighted by Gasteiger charge is 2.13. The van der Waals surface area contributed by atoms with E-state index in [1.54, 1.807) is 6.21 Å². The first-order chi connectivity index (χ1) is 13.1. The first-order valence-corrected chi connectivity index (χ1v) is 8.97. The van der Waals surface area contributed by atoms with E-state index in [9.17, 15) is 9.18 Å². The number of rotatable bonds is 4. The minimum absolute atomic E-state index is 0.150. The third-order valence-corrected chi connectivity index (χ3v) is 4.69. The van der Waals surface area contributed by atoms with E-state index in [1.807, 2.05) is 19.1 Å². The summed E-state index contributed by atoms with van der Waals surface area (Å²) in [6.45, 7) is 4.16. The van der Waals surface area contributed by atoms with E-state index in [-0.39, 0.29) is 11.1 Å². The number of piperidine rings is 1. The molecule has 1 aliphatic rings.